The molecule has 0 atom stereocenters. The van der Waals surface area contributed by atoms with Crippen molar-refractivity contribution in [2.45, 2.75) is 40.3 Å². The number of hydrogen-bond acceptors (Lipinski definition) is 4. The van der Waals surface area contributed by atoms with E-state index in [1.165, 1.54) is 5.56 Å². The van der Waals surface area contributed by atoms with E-state index in [-0.39, 0.29) is 24.0 Å². The third-order valence-corrected chi connectivity index (χ3v) is 3.96. The van der Waals surface area contributed by atoms with E-state index in [0.29, 0.717) is 13.2 Å². The molecule has 1 N–H and O–H groups in total. The number of guanidine groups is 1. The van der Waals surface area contributed by atoms with Gasteiger partial charge in [-0.25, -0.2) is 0 Å². The summed E-state index contributed by atoms with van der Waals surface area (Å²) in [6.07, 6.45) is 2.65. The third kappa shape index (κ3) is 7.36. The monoisotopic (exact) mass is 486 g/mol. The highest BCUT2D eigenvalue weighted by Crippen LogP contribution is 2.13. The number of aliphatic imine (C=N–C) groups is 1. The Balaban J connectivity index is 0.00000364. The molecule has 1 heterocycles. The molecule has 0 saturated heterocycles. The van der Waals surface area contributed by atoms with E-state index in [0.717, 1.165) is 43.6 Å². The van der Waals surface area contributed by atoms with Gasteiger partial charge >= 0.3 is 0 Å². The molecule has 8 heteroatoms. The summed E-state index contributed by atoms with van der Waals surface area (Å²) in [7, 11) is 2.05. The number of aromatic nitrogens is 3. The number of rotatable bonds is 9. The van der Waals surface area contributed by atoms with Crippen molar-refractivity contribution in [3.8, 4) is 5.75 Å². The van der Waals surface area contributed by atoms with Crippen LogP contribution < -0.4 is 10.1 Å². The Morgan fingerprint density at radius 3 is 2.59 bits per heavy atom. The molecule has 0 spiro atoms. The van der Waals surface area contributed by atoms with Crippen LogP contribution in [0.3, 0.4) is 0 Å². The number of nitrogens with zero attached hydrogens (tertiary/aromatic N) is 5. The van der Waals surface area contributed by atoms with Crippen molar-refractivity contribution in [3.63, 3.8) is 0 Å². The highest BCUT2D eigenvalue weighted by molar-refractivity contribution is 14.0. The van der Waals surface area contributed by atoms with Gasteiger partial charge in [0.15, 0.2) is 5.96 Å². The van der Waals surface area contributed by atoms with Gasteiger partial charge in [-0.2, -0.15) is 0 Å². The first kappa shape index (κ1) is 23.2. The van der Waals surface area contributed by atoms with E-state index in [1.54, 1.807) is 6.33 Å². The zero-order valence-electron chi connectivity index (χ0n) is 16.7. The zero-order chi connectivity index (χ0) is 18.8. The SMILES string of the molecule is CCNC(=NCCn1cnnc1CC)N(C)Cc1ccc(OCC)cc1.I. The first-order valence-corrected chi connectivity index (χ1v) is 9.25. The van der Waals surface area contributed by atoms with Crippen LogP contribution in [0.15, 0.2) is 35.6 Å². The molecule has 1 aromatic heterocycles. The second kappa shape index (κ2) is 12.5. The molecule has 2 rings (SSSR count). The smallest absolute Gasteiger partial charge is 0.194 e. The molecule has 27 heavy (non-hydrogen) atoms. The Kier molecular flexibility index (Phi) is 10.8. The van der Waals surface area contributed by atoms with Gasteiger partial charge in [-0.3, -0.25) is 4.99 Å². The zero-order valence-corrected chi connectivity index (χ0v) is 19.0. The van der Waals surface area contributed by atoms with Crippen molar-refractivity contribution >= 4 is 29.9 Å². The Labute approximate surface area is 179 Å². The largest absolute Gasteiger partial charge is 0.494 e. The van der Waals surface area contributed by atoms with Crippen molar-refractivity contribution in [1.29, 1.82) is 0 Å². The first-order chi connectivity index (χ1) is 12.7. The molecule has 0 aliphatic heterocycles. The number of hydrogen-bond donors (Lipinski definition) is 1. The van der Waals surface area contributed by atoms with E-state index in [2.05, 4.69) is 51.0 Å². The summed E-state index contributed by atoms with van der Waals surface area (Å²) in [5.41, 5.74) is 1.22. The highest BCUT2D eigenvalue weighted by atomic mass is 127. The normalized spacial score (nSPS) is 11.0. The maximum atomic E-state index is 5.50. The summed E-state index contributed by atoms with van der Waals surface area (Å²) < 4.78 is 7.55. The third-order valence-electron chi connectivity index (χ3n) is 3.96. The van der Waals surface area contributed by atoms with Gasteiger partial charge < -0.3 is 19.5 Å². The lowest BCUT2D eigenvalue weighted by Gasteiger charge is -2.22. The Morgan fingerprint density at radius 2 is 1.96 bits per heavy atom. The van der Waals surface area contributed by atoms with Gasteiger partial charge in [0.1, 0.15) is 17.9 Å². The molecule has 0 radical (unpaired) electrons. The van der Waals surface area contributed by atoms with E-state index in [4.69, 9.17) is 9.73 Å². The topological polar surface area (TPSA) is 67.6 Å². The standard InChI is InChI=1S/C19H30N6O.HI/c1-5-18-23-22-15-25(18)13-12-21-19(20-6-2)24(4)14-16-8-10-17(11-9-16)26-7-3;/h8-11,15H,5-7,12-14H2,1-4H3,(H,20,21);1H. The van der Waals surface area contributed by atoms with Gasteiger partial charge in [0, 0.05) is 33.1 Å². The predicted molar refractivity (Wildman–Crippen MR) is 120 cm³/mol. The van der Waals surface area contributed by atoms with Crippen LogP contribution in [0.2, 0.25) is 0 Å². The molecule has 1 aromatic carbocycles. The molecular weight excluding hydrogens is 455 g/mol. The fourth-order valence-electron chi connectivity index (χ4n) is 2.68. The molecule has 0 bridgehead atoms. The van der Waals surface area contributed by atoms with Gasteiger partial charge in [-0.1, -0.05) is 19.1 Å². The van der Waals surface area contributed by atoms with Crippen molar-refractivity contribution in [2.24, 2.45) is 4.99 Å². The summed E-state index contributed by atoms with van der Waals surface area (Å²) in [5, 5.41) is 11.4. The molecular formula is C19H31IN6O. The second-order valence-electron chi connectivity index (χ2n) is 5.96. The van der Waals surface area contributed by atoms with Crippen LogP contribution in [0, 0.1) is 0 Å². The van der Waals surface area contributed by atoms with E-state index >= 15 is 0 Å². The molecule has 0 aliphatic rings. The van der Waals surface area contributed by atoms with E-state index in [9.17, 15) is 0 Å². The molecule has 150 valence electrons. The van der Waals surface area contributed by atoms with Crippen LogP contribution in [0.1, 0.15) is 32.2 Å². The Bertz CT molecular complexity index is 686. The Morgan fingerprint density at radius 1 is 1.22 bits per heavy atom. The Hall–Kier alpha value is -1.84. The van der Waals surface area contributed by atoms with E-state index < -0.39 is 0 Å². The van der Waals surface area contributed by atoms with Gasteiger partial charge in [0.05, 0.1) is 13.2 Å². The number of halogens is 1. The van der Waals surface area contributed by atoms with Crippen LogP contribution in [0.4, 0.5) is 0 Å². The maximum absolute atomic E-state index is 5.50. The van der Waals surface area contributed by atoms with Crippen LogP contribution in [0.5, 0.6) is 5.75 Å². The minimum absolute atomic E-state index is 0. The van der Waals surface area contributed by atoms with Crippen LogP contribution in [-0.2, 0) is 19.5 Å². The maximum Gasteiger partial charge on any atom is 0.194 e. The lowest BCUT2D eigenvalue weighted by atomic mass is 10.2. The predicted octanol–water partition coefficient (Wildman–Crippen LogP) is 2.95. The fraction of sp³-hybridized carbons (Fsp3) is 0.526. The molecule has 2 aromatic rings. The minimum Gasteiger partial charge on any atom is -0.494 e. The van der Waals surface area contributed by atoms with Crippen LogP contribution >= 0.6 is 24.0 Å². The summed E-state index contributed by atoms with van der Waals surface area (Å²) >= 11 is 0. The van der Waals surface area contributed by atoms with Crippen molar-refractivity contribution in [1.82, 2.24) is 25.0 Å². The summed E-state index contributed by atoms with van der Waals surface area (Å²) in [6.45, 7) is 9.91. The van der Waals surface area contributed by atoms with Crippen LogP contribution in [0.25, 0.3) is 0 Å². The molecule has 0 saturated carbocycles. The first-order valence-electron chi connectivity index (χ1n) is 9.25. The average molecular weight is 486 g/mol. The number of nitrogens with one attached hydrogen (secondary N) is 1. The number of ether oxygens (including phenoxy) is 1. The molecule has 0 unspecified atom stereocenters. The van der Waals surface area contributed by atoms with Gasteiger partial charge in [-0.05, 0) is 31.5 Å². The lowest BCUT2D eigenvalue weighted by molar-refractivity contribution is 0.340. The van der Waals surface area contributed by atoms with Crippen molar-refractivity contribution in [3.05, 3.63) is 42.0 Å². The summed E-state index contributed by atoms with van der Waals surface area (Å²) in [4.78, 5) is 6.87. The molecule has 0 amide bonds. The van der Waals surface area contributed by atoms with E-state index in [1.807, 2.05) is 26.1 Å². The van der Waals surface area contributed by atoms with Gasteiger partial charge in [0.2, 0.25) is 0 Å². The van der Waals surface area contributed by atoms with Crippen LogP contribution in [-0.4, -0.2) is 52.4 Å². The molecule has 0 aliphatic carbocycles. The average Bonchev–Trinajstić information content (AvgIpc) is 3.10. The lowest BCUT2D eigenvalue weighted by Crippen LogP contribution is -2.38. The fourth-order valence-corrected chi connectivity index (χ4v) is 2.68. The van der Waals surface area contributed by atoms with Gasteiger partial charge in [-0.15, -0.1) is 34.2 Å². The number of benzene rings is 1. The quantitative estimate of drug-likeness (QED) is 0.336. The second-order valence-corrected chi connectivity index (χ2v) is 5.96. The summed E-state index contributed by atoms with van der Waals surface area (Å²) in [5.74, 6) is 2.79. The molecule has 0 fully saturated rings. The van der Waals surface area contributed by atoms with Crippen molar-refractivity contribution in [2.75, 3.05) is 26.7 Å². The number of aryl methyl sites for hydroxylation is 1. The molecule has 7 nitrogen and oxygen atoms in total. The van der Waals surface area contributed by atoms with Crippen molar-refractivity contribution < 1.29 is 4.74 Å². The minimum atomic E-state index is 0. The summed E-state index contributed by atoms with van der Waals surface area (Å²) in [6, 6.07) is 8.20. The highest BCUT2D eigenvalue weighted by Gasteiger charge is 2.07. The van der Waals surface area contributed by atoms with Gasteiger partial charge in [0.25, 0.3) is 0 Å².